The second kappa shape index (κ2) is 8.86. The lowest BCUT2D eigenvalue weighted by molar-refractivity contribution is 0.0937. The molecule has 3 heterocycles. The molecular formula is C23H20ClN3O3S. The normalized spacial score (nSPS) is 16.2. The number of ether oxygens (including phenoxy) is 1. The van der Waals surface area contributed by atoms with E-state index >= 15 is 0 Å². The molecule has 5 rings (SSSR count). The Bertz CT molecular complexity index is 1260. The first-order chi connectivity index (χ1) is 15.2. The molecule has 0 spiro atoms. The standard InChI is InChI=1S/C23H20ClN3O3S/c24-16-9-7-15(8-10-16)21-25-17(13-30-21)14-31-23-26-20-6-2-1-5-19(20)22(28)27(23)12-18-4-3-11-29-18/h1-2,5-10,13,18H,3-4,11-12,14H2. The van der Waals surface area contributed by atoms with Gasteiger partial charge in [-0.2, -0.15) is 0 Å². The highest BCUT2D eigenvalue weighted by Crippen LogP contribution is 2.26. The van der Waals surface area contributed by atoms with E-state index in [1.165, 1.54) is 11.8 Å². The molecule has 2 aromatic carbocycles. The molecule has 1 atom stereocenters. The van der Waals surface area contributed by atoms with Crippen LogP contribution in [0.3, 0.4) is 0 Å². The molecule has 0 saturated carbocycles. The lowest BCUT2D eigenvalue weighted by Gasteiger charge is -2.16. The second-order valence-corrected chi connectivity index (χ2v) is 8.78. The zero-order valence-electron chi connectivity index (χ0n) is 16.7. The van der Waals surface area contributed by atoms with Crippen LogP contribution in [0.4, 0.5) is 0 Å². The van der Waals surface area contributed by atoms with Crippen LogP contribution in [-0.2, 0) is 17.0 Å². The third-order valence-corrected chi connectivity index (χ3v) is 6.49. The molecule has 8 heteroatoms. The van der Waals surface area contributed by atoms with Crippen LogP contribution >= 0.6 is 23.4 Å². The van der Waals surface area contributed by atoms with Crippen LogP contribution in [0.1, 0.15) is 18.5 Å². The van der Waals surface area contributed by atoms with E-state index in [0.717, 1.165) is 30.7 Å². The van der Waals surface area contributed by atoms with E-state index in [1.807, 2.05) is 36.4 Å². The summed E-state index contributed by atoms with van der Waals surface area (Å²) in [7, 11) is 0. The number of aromatic nitrogens is 3. The van der Waals surface area contributed by atoms with Crippen molar-refractivity contribution in [3.05, 3.63) is 75.9 Å². The maximum atomic E-state index is 13.2. The van der Waals surface area contributed by atoms with E-state index in [-0.39, 0.29) is 11.7 Å². The largest absolute Gasteiger partial charge is 0.444 e. The Morgan fingerprint density at radius 2 is 1.97 bits per heavy atom. The minimum atomic E-state index is -0.0365. The number of halogens is 1. The number of fused-ring (bicyclic) bond motifs is 1. The fourth-order valence-corrected chi connectivity index (χ4v) is 4.66. The van der Waals surface area contributed by atoms with Crippen LogP contribution in [-0.4, -0.2) is 27.2 Å². The Kier molecular flexibility index (Phi) is 5.80. The number of oxazole rings is 1. The van der Waals surface area contributed by atoms with Crippen molar-refractivity contribution in [1.29, 1.82) is 0 Å². The minimum absolute atomic E-state index is 0.0365. The van der Waals surface area contributed by atoms with Crippen molar-refractivity contribution in [2.24, 2.45) is 0 Å². The lowest BCUT2D eigenvalue weighted by Crippen LogP contribution is -2.28. The monoisotopic (exact) mass is 453 g/mol. The van der Waals surface area contributed by atoms with E-state index in [1.54, 1.807) is 23.0 Å². The fourth-order valence-electron chi connectivity index (χ4n) is 3.65. The molecule has 1 fully saturated rings. The molecule has 158 valence electrons. The topological polar surface area (TPSA) is 70.2 Å². The van der Waals surface area contributed by atoms with Gasteiger partial charge >= 0.3 is 0 Å². The van der Waals surface area contributed by atoms with Crippen LogP contribution < -0.4 is 5.56 Å². The Morgan fingerprint density at radius 3 is 2.77 bits per heavy atom. The van der Waals surface area contributed by atoms with Crippen molar-refractivity contribution in [3.8, 4) is 11.5 Å². The molecule has 4 aromatic rings. The summed E-state index contributed by atoms with van der Waals surface area (Å²) < 4.78 is 13.1. The van der Waals surface area contributed by atoms with Gasteiger partial charge in [-0.1, -0.05) is 35.5 Å². The zero-order chi connectivity index (χ0) is 21.2. The summed E-state index contributed by atoms with van der Waals surface area (Å²) in [5.41, 5.74) is 2.30. The highest BCUT2D eigenvalue weighted by Gasteiger charge is 2.20. The number of benzene rings is 2. The van der Waals surface area contributed by atoms with E-state index in [0.29, 0.717) is 39.3 Å². The first kappa shape index (κ1) is 20.3. The van der Waals surface area contributed by atoms with Gasteiger partial charge in [0.1, 0.15) is 6.26 Å². The zero-order valence-corrected chi connectivity index (χ0v) is 18.2. The van der Waals surface area contributed by atoms with Gasteiger partial charge in [0.25, 0.3) is 5.56 Å². The van der Waals surface area contributed by atoms with Crippen LogP contribution in [0.2, 0.25) is 5.02 Å². The third kappa shape index (κ3) is 4.39. The van der Waals surface area contributed by atoms with Gasteiger partial charge in [-0.3, -0.25) is 9.36 Å². The van der Waals surface area contributed by atoms with Crippen LogP contribution in [0, 0.1) is 0 Å². The number of hydrogen-bond donors (Lipinski definition) is 0. The van der Waals surface area contributed by atoms with Gasteiger partial charge in [-0.15, -0.1) is 0 Å². The average molecular weight is 454 g/mol. The predicted molar refractivity (Wildman–Crippen MR) is 121 cm³/mol. The Balaban J connectivity index is 1.41. The molecule has 0 N–H and O–H groups in total. The van der Waals surface area contributed by atoms with Gasteiger partial charge in [-0.25, -0.2) is 9.97 Å². The highest BCUT2D eigenvalue weighted by atomic mass is 35.5. The average Bonchev–Trinajstić information content (AvgIpc) is 3.47. The first-order valence-corrected chi connectivity index (χ1v) is 11.5. The molecule has 2 aromatic heterocycles. The number of para-hydroxylation sites is 1. The quantitative estimate of drug-likeness (QED) is 0.296. The van der Waals surface area contributed by atoms with Gasteiger partial charge in [0, 0.05) is 22.9 Å². The molecule has 1 aliphatic heterocycles. The summed E-state index contributed by atoms with van der Waals surface area (Å²) in [5.74, 6) is 1.07. The molecule has 1 aliphatic rings. The van der Waals surface area contributed by atoms with Crippen molar-refractivity contribution >= 4 is 34.3 Å². The summed E-state index contributed by atoms with van der Waals surface area (Å²) in [4.78, 5) is 22.5. The fraction of sp³-hybridized carbons (Fsp3) is 0.261. The second-order valence-electron chi connectivity index (χ2n) is 7.40. The predicted octanol–water partition coefficient (Wildman–Crippen LogP) is 5.18. The van der Waals surface area contributed by atoms with Gasteiger partial charge in [0.05, 0.1) is 29.2 Å². The van der Waals surface area contributed by atoms with Gasteiger partial charge in [-0.05, 0) is 49.2 Å². The maximum Gasteiger partial charge on any atom is 0.262 e. The summed E-state index contributed by atoms with van der Waals surface area (Å²) >= 11 is 7.43. The van der Waals surface area contributed by atoms with Crippen molar-refractivity contribution in [3.63, 3.8) is 0 Å². The molecular weight excluding hydrogens is 434 g/mol. The number of thioether (sulfide) groups is 1. The number of rotatable bonds is 6. The van der Waals surface area contributed by atoms with Crippen molar-refractivity contribution in [2.75, 3.05) is 6.61 Å². The minimum Gasteiger partial charge on any atom is -0.444 e. The van der Waals surface area contributed by atoms with E-state index < -0.39 is 0 Å². The molecule has 1 unspecified atom stereocenters. The van der Waals surface area contributed by atoms with E-state index in [4.69, 9.17) is 25.7 Å². The molecule has 0 aliphatic carbocycles. The molecule has 1 saturated heterocycles. The van der Waals surface area contributed by atoms with Crippen molar-refractivity contribution < 1.29 is 9.15 Å². The van der Waals surface area contributed by atoms with Gasteiger partial charge in [0.15, 0.2) is 5.16 Å². The maximum absolute atomic E-state index is 13.2. The summed E-state index contributed by atoms with van der Waals surface area (Å²) in [6, 6.07) is 14.8. The Labute approximate surface area is 188 Å². The van der Waals surface area contributed by atoms with Crippen LogP contribution in [0.5, 0.6) is 0 Å². The Hall–Kier alpha value is -2.61. The number of hydrogen-bond acceptors (Lipinski definition) is 6. The van der Waals surface area contributed by atoms with Crippen molar-refractivity contribution in [1.82, 2.24) is 14.5 Å². The molecule has 0 radical (unpaired) electrons. The first-order valence-electron chi connectivity index (χ1n) is 10.1. The highest BCUT2D eigenvalue weighted by molar-refractivity contribution is 7.98. The summed E-state index contributed by atoms with van der Waals surface area (Å²) in [6.07, 6.45) is 3.66. The van der Waals surface area contributed by atoms with Gasteiger partial charge in [0.2, 0.25) is 5.89 Å². The van der Waals surface area contributed by atoms with Crippen LogP contribution in [0.25, 0.3) is 22.4 Å². The summed E-state index contributed by atoms with van der Waals surface area (Å²) in [5, 5.41) is 1.95. The lowest BCUT2D eigenvalue weighted by atomic mass is 10.2. The number of nitrogens with zero attached hydrogens (tertiary/aromatic N) is 3. The molecule has 31 heavy (non-hydrogen) atoms. The smallest absolute Gasteiger partial charge is 0.262 e. The Morgan fingerprint density at radius 1 is 1.13 bits per heavy atom. The van der Waals surface area contributed by atoms with E-state index in [2.05, 4.69) is 4.98 Å². The van der Waals surface area contributed by atoms with Crippen molar-refractivity contribution in [2.45, 2.75) is 36.4 Å². The molecule has 0 bridgehead atoms. The molecule has 6 nitrogen and oxygen atoms in total. The van der Waals surface area contributed by atoms with E-state index in [9.17, 15) is 4.79 Å². The third-order valence-electron chi connectivity index (χ3n) is 5.23. The van der Waals surface area contributed by atoms with Gasteiger partial charge < -0.3 is 9.15 Å². The summed E-state index contributed by atoms with van der Waals surface area (Å²) in [6.45, 7) is 1.25. The van der Waals surface area contributed by atoms with Crippen LogP contribution in [0.15, 0.2) is 69.2 Å². The molecule has 0 amide bonds. The SMILES string of the molecule is O=c1c2ccccc2nc(SCc2coc(-c3ccc(Cl)cc3)n2)n1CC1CCCO1.